The second kappa shape index (κ2) is 4.94. The summed E-state index contributed by atoms with van der Waals surface area (Å²) in [6.45, 7) is 4.79. The lowest BCUT2D eigenvalue weighted by molar-refractivity contribution is -0.133. The lowest BCUT2D eigenvalue weighted by Crippen LogP contribution is -2.60. The van der Waals surface area contributed by atoms with E-state index in [1.54, 1.807) is 11.8 Å². The molecule has 1 N–H and O–H groups in total. The van der Waals surface area contributed by atoms with E-state index in [4.69, 9.17) is 0 Å². The summed E-state index contributed by atoms with van der Waals surface area (Å²) in [4.78, 5) is 15.9. The Balaban J connectivity index is 1.71. The number of carbonyl (C=O) groups excluding carboxylic acids is 1. The number of nitrogens with one attached hydrogen (secondary N) is 1. The molecular formula is C14H18N2OS. The first-order valence-corrected chi connectivity index (χ1v) is 7.43. The predicted molar refractivity (Wildman–Crippen MR) is 73.8 cm³/mol. The number of hydrogen-bond acceptors (Lipinski definition) is 3. The second-order valence-corrected chi connectivity index (χ2v) is 6.10. The minimum atomic E-state index is 0.0861. The third kappa shape index (κ3) is 2.04. The van der Waals surface area contributed by atoms with Crippen molar-refractivity contribution in [2.45, 2.75) is 29.5 Å². The van der Waals surface area contributed by atoms with Crippen molar-refractivity contribution < 1.29 is 4.79 Å². The molecule has 2 aliphatic rings. The SMILES string of the molecule is CCN(C(=O)C1Cc2ccccc2S1)C1CNC1. The minimum absolute atomic E-state index is 0.0861. The van der Waals surface area contributed by atoms with E-state index in [0.29, 0.717) is 11.9 Å². The number of fused-ring (bicyclic) bond motifs is 1. The Labute approximate surface area is 112 Å². The van der Waals surface area contributed by atoms with Crippen molar-refractivity contribution in [2.75, 3.05) is 19.6 Å². The first-order chi connectivity index (χ1) is 8.79. The molecule has 2 heterocycles. The van der Waals surface area contributed by atoms with Crippen molar-refractivity contribution >= 4 is 17.7 Å². The molecule has 1 aromatic carbocycles. The van der Waals surface area contributed by atoms with E-state index < -0.39 is 0 Å². The number of likely N-dealkylation sites (N-methyl/N-ethyl adjacent to an activating group) is 1. The van der Waals surface area contributed by atoms with Crippen LogP contribution in [0.3, 0.4) is 0 Å². The summed E-state index contributed by atoms with van der Waals surface area (Å²) in [5.41, 5.74) is 1.32. The Kier molecular flexibility index (Phi) is 3.31. The van der Waals surface area contributed by atoms with Crippen LogP contribution in [-0.2, 0) is 11.2 Å². The molecule has 0 saturated carbocycles. The van der Waals surface area contributed by atoms with Crippen LogP contribution in [0, 0.1) is 0 Å². The van der Waals surface area contributed by atoms with E-state index in [-0.39, 0.29) is 5.25 Å². The molecule has 1 aromatic rings. The molecule has 0 aromatic heterocycles. The molecular weight excluding hydrogens is 244 g/mol. The highest BCUT2D eigenvalue weighted by atomic mass is 32.2. The van der Waals surface area contributed by atoms with Gasteiger partial charge < -0.3 is 10.2 Å². The van der Waals surface area contributed by atoms with Crippen LogP contribution >= 0.6 is 11.8 Å². The standard InChI is InChI=1S/C14H18N2OS/c1-2-16(11-8-15-9-11)14(17)13-7-10-5-3-4-6-12(10)18-13/h3-6,11,13,15H,2,7-9H2,1H3. The number of amides is 1. The van der Waals surface area contributed by atoms with Gasteiger partial charge in [-0.25, -0.2) is 0 Å². The Hall–Kier alpha value is -1.00. The summed E-state index contributed by atoms with van der Waals surface area (Å²) < 4.78 is 0. The van der Waals surface area contributed by atoms with E-state index in [0.717, 1.165) is 26.1 Å². The summed E-state index contributed by atoms with van der Waals surface area (Å²) >= 11 is 1.73. The third-order valence-electron chi connectivity index (χ3n) is 3.75. The molecule has 1 unspecified atom stereocenters. The van der Waals surface area contributed by atoms with Crippen LogP contribution < -0.4 is 5.32 Å². The molecule has 0 aliphatic carbocycles. The highest BCUT2D eigenvalue weighted by Crippen LogP contribution is 2.37. The van der Waals surface area contributed by atoms with E-state index in [2.05, 4.69) is 30.4 Å². The zero-order chi connectivity index (χ0) is 12.5. The normalized spacial score (nSPS) is 22.4. The fourth-order valence-electron chi connectivity index (χ4n) is 2.59. The molecule has 3 nitrogen and oxygen atoms in total. The second-order valence-electron chi connectivity index (χ2n) is 4.85. The molecule has 4 heteroatoms. The fraction of sp³-hybridized carbons (Fsp3) is 0.500. The number of nitrogens with zero attached hydrogens (tertiary/aromatic N) is 1. The molecule has 1 atom stereocenters. The van der Waals surface area contributed by atoms with Crippen LogP contribution in [0.5, 0.6) is 0 Å². The molecule has 0 radical (unpaired) electrons. The van der Waals surface area contributed by atoms with Crippen LogP contribution in [-0.4, -0.2) is 41.7 Å². The summed E-state index contributed by atoms with van der Waals surface area (Å²) in [6, 6.07) is 8.77. The lowest BCUT2D eigenvalue weighted by atomic mass is 10.1. The summed E-state index contributed by atoms with van der Waals surface area (Å²) in [5, 5.41) is 3.32. The van der Waals surface area contributed by atoms with Gasteiger partial charge >= 0.3 is 0 Å². The number of thioether (sulfide) groups is 1. The fourth-order valence-corrected chi connectivity index (χ4v) is 3.86. The monoisotopic (exact) mass is 262 g/mol. The average molecular weight is 262 g/mol. The zero-order valence-corrected chi connectivity index (χ0v) is 11.4. The predicted octanol–water partition coefficient (Wildman–Crippen LogP) is 1.52. The highest BCUT2D eigenvalue weighted by Gasteiger charge is 2.35. The van der Waals surface area contributed by atoms with Crippen LogP contribution in [0.2, 0.25) is 0 Å². The van der Waals surface area contributed by atoms with Crippen molar-refractivity contribution in [3.8, 4) is 0 Å². The van der Waals surface area contributed by atoms with Gasteiger partial charge in [-0.15, -0.1) is 11.8 Å². The first-order valence-electron chi connectivity index (χ1n) is 6.55. The van der Waals surface area contributed by atoms with Gasteiger partial charge in [-0.05, 0) is 25.0 Å². The Morgan fingerprint density at radius 2 is 2.22 bits per heavy atom. The maximum absolute atomic E-state index is 12.6. The Bertz CT molecular complexity index is 434. The third-order valence-corrected chi connectivity index (χ3v) is 5.05. The molecule has 0 spiro atoms. The smallest absolute Gasteiger partial charge is 0.236 e. The van der Waals surface area contributed by atoms with Crippen LogP contribution in [0.25, 0.3) is 0 Å². The van der Waals surface area contributed by atoms with Gasteiger partial charge in [0.15, 0.2) is 0 Å². The topological polar surface area (TPSA) is 32.3 Å². The highest BCUT2D eigenvalue weighted by molar-refractivity contribution is 8.01. The van der Waals surface area contributed by atoms with Crippen molar-refractivity contribution in [1.82, 2.24) is 10.2 Å². The Morgan fingerprint density at radius 3 is 2.83 bits per heavy atom. The average Bonchev–Trinajstić information content (AvgIpc) is 2.76. The zero-order valence-electron chi connectivity index (χ0n) is 10.6. The van der Waals surface area contributed by atoms with Crippen molar-refractivity contribution in [2.24, 2.45) is 0 Å². The van der Waals surface area contributed by atoms with Gasteiger partial charge in [0.25, 0.3) is 0 Å². The number of benzene rings is 1. The van der Waals surface area contributed by atoms with E-state index in [1.807, 2.05) is 11.0 Å². The van der Waals surface area contributed by atoms with Gasteiger partial charge in [0, 0.05) is 24.5 Å². The molecule has 1 saturated heterocycles. The van der Waals surface area contributed by atoms with Gasteiger partial charge in [-0.2, -0.15) is 0 Å². The van der Waals surface area contributed by atoms with Crippen LogP contribution in [0.4, 0.5) is 0 Å². The molecule has 1 amide bonds. The molecule has 96 valence electrons. The van der Waals surface area contributed by atoms with Crippen molar-refractivity contribution in [1.29, 1.82) is 0 Å². The number of hydrogen-bond donors (Lipinski definition) is 1. The first kappa shape index (κ1) is 12.1. The summed E-state index contributed by atoms with van der Waals surface area (Å²) in [5.74, 6) is 0.310. The summed E-state index contributed by atoms with van der Waals surface area (Å²) in [6.07, 6.45) is 0.885. The number of rotatable bonds is 3. The molecule has 1 fully saturated rings. The molecule has 3 rings (SSSR count). The van der Waals surface area contributed by atoms with Gasteiger partial charge in [0.1, 0.15) is 0 Å². The van der Waals surface area contributed by atoms with E-state index in [9.17, 15) is 4.79 Å². The lowest BCUT2D eigenvalue weighted by Gasteiger charge is -2.38. The Morgan fingerprint density at radius 1 is 1.44 bits per heavy atom. The van der Waals surface area contributed by atoms with Crippen LogP contribution in [0.1, 0.15) is 12.5 Å². The van der Waals surface area contributed by atoms with Crippen LogP contribution in [0.15, 0.2) is 29.2 Å². The van der Waals surface area contributed by atoms with Gasteiger partial charge in [-0.3, -0.25) is 4.79 Å². The van der Waals surface area contributed by atoms with Gasteiger partial charge in [-0.1, -0.05) is 18.2 Å². The molecule has 18 heavy (non-hydrogen) atoms. The maximum atomic E-state index is 12.6. The van der Waals surface area contributed by atoms with Gasteiger partial charge in [0.2, 0.25) is 5.91 Å². The van der Waals surface area contributed by atoms with Gasteiger partial charge in [0.05, 0.1) is 11.3 Å². The largest absolute Gasteiger partial charge is 0.336 e. The minimum Gasteiger partial charge on any atom is -0.336 e. The van der Waals surface area contributed by atoms with Crippen molar-refractivity contribution in [3.05, 3.63) is 29.8 Å². The van der Waals surface area contributed by atoms with E-state index >= 15 is 0 Å². The summed E-state index contributed by atoms with van der Waals surface area (Å²) in [7, 11) is 0. The maximum Gasteiger partial charge on any atom is 0.236 e. The van der Waals surface area contributed by atoms with E-state index in [1.165, 1.54) is 10.5 Å². The molecule has 2 aliphatic heterocycles. The molecule has 0 bridgehead atoms. The quantitative estimate of drug-likeness (QED) is 0.896. The number of carbonyl (C=O) groups is 1. The van der Waals surface area contributed by atoms with Crippen molar-refractivity contribution in [3.63, 3.8) is 0 Å².